The Bertz CT molecular complexity index is 217. The number of carbonyl (C=O) groups is 2. The second-order valence-corrected chi connectivity index (χ2v) is 3.06. The van der Waals surface area contributed by atoms with Crippen molar-refractivity contribution in [2.75, 3.05) is 27.2 Å². The van der Waals surface area contributed by atoms with Crippen LogP contribution in [-0.4, -0.2) is 50.1 Å². The van der Waals surface area contributed by atoms with Crippen LogP contribution in [0.1, 0.15) is 6.42 Å². The maximum absolute atomic E-state index is 11.3. The fourth-order valence-corrected chi connectivity index (χ4v) is 1.29. The van der Waals surface area contributed by atoms with Gasteiger partial charge in [0, 0.05) is 13.6 Å². The largest absolute Gasteiger partial charge is 0.468 e. The van der Waals surface area contributed by atoms with Crippen LogP contribution in [0.5, 0.6) is 0 Å². The molecule has 1 rings (SSSR count). The summed E-state index contributed by atoms with van der Waals surface area (Å²) in [6, 6.07) is -0.218. The fraction of sp³-hybridized carbons (Fsp3) is 0.750. The molecule has 0 spiro atoms. The molecule has 0 aliphatic carbocycles. The topological polar surface area (TPSA) is 58.6 Å². The third-order valence-corrected chi connectivity index (χ3v) is 2.15. The van der Waals surface area contributed by atoms with Gasteiger partial charge in [-0.1, -0.05) is 0 Å². The summed E-state index contributed by atoms with van der Waals surface area (Å²) >= 11 is 0. The molecule has 0 aromatic heterocycles. The van der Waals surface area contributed by atoms with Crippen LogP contribution in [0.25, 0.3) is 0 Å². The van der Waals surface area contributed by atoms with E-state index in [9.17, 15) is 9.59 Å². The van der Waals surface area contributed by atoms with Crippen molar-refractivity contribution in [2.45, 2.75) is 12.5 Å². The first kappa shape index (κ1) is 9.98. The van der Waals surface area contributed by atoms with Crippen LogP contribution in [0, 0.1) is 0 Å². The number of hydrogen-bond donors (Lipinski definition) is 1. The molecule has 1 aliphatic heterocycles. The Morgan fingerprint density at radius 1 is 1.77 bits per heavy atom. The van der Waals surface area contributed by atoms with Crippen molar-refractivity contribution in [3.05, 3.63) is 0 Å². The third kappa shape index (κ3) is 2.42. The van der Waals surface area contributed by atoms with E-state index in [0.29, 0.717) is 0 Å². The molecule has 0 aromatic rings. The minimum atomic E-state index is -0.345. The van der Waals surface area contributed by atoms with Gasteiger partial charge in [-0.3, -0.25) is 14.9 Å². The minimum Gasteiger partial charge on any atom is -0.468 e. The molecule has 1 fully saturated rings. The van der Waals surface area contributed by atoms with Crippen molar-refractivity contribution in [3.63, 3.8) is 0 Å². The number of likely N-dealkylation sites (N-methyl/N-ethyl adjacent to an activating group) is 1. The van der Waals surface area contributed by atoms with Gasteiger partial charge in [-0.2, -0.15) is 0 Å². The summed E-state index contributed by atoms with van der Waals surface area (Å²) in [5, 5.41) is 2.85. The lowest BCUT2D eigenvalue weighted by molar-refractivity contribution is -0.139. The zero-order valence-corrected chi connectivity index (χ0v) is 7.87. The molecule has 13 heavy (non-hydrogen) atoms. The van der Waals surface area contributed by atoms with Crippen LogP contribution in [-0.2, 0) is 14.3 Å². The molecule has 0 bridgehead atoms. The lowest BCUT2D eigenvalue weighted by atomic mass is 10.2. The van der Waals surface area contributed by atoms with Gasteiger partial charge in [0.25, 0.3) is 0 Å². The summed E-state index contributed by atoms with van der Waals surface area (Å²) in [6.45, 7) is 0.846. The first-order chi connectivity index (χ1) is 6.15. The second-order valence-electron chi connectivity index (χ2n) is 3.06. The van der Waals surface area contributed by atoms with E-state index in [1.807, 2.05) is 0 Å². The molecule has 1 aliphatic rings. The zero-order valence-electron chi connectivity index (χ0n) is 7.87. The van der Waals surface area contributed by atoms with Gasteiger partial charge in [-0.25, -0.2) is 0 Å². The first-order valence-electron chi connectivity index (χ1n) is 4.20. The molecule has 5 heteroatoms. The van der Waals surface area contributed by atoms with Crippen LogP contribution in [0.4, 0.5) is 0 Å². The number of rotatable bonds is 3. The number of amides is 1. The summed E-state index contributed by atoms with van der Waals surface area (Å²) in [5.41, 5.74) is 0. The third-order valence-electron chi connectivity index (χ3n) is 2.15. The van der Waals surface area contributed by atoms with Crippen molar-refractivity contribution in [1.82, 2.24) is 10.2 Å². The molecule has 5 nitrogen and oxygen atoms in total. The highest BCUT2D eigenvalue weighted by Crippen LogP contribution is 2.07. The number of nitrogens with one attached hydrogen (secondary N) is 1. The van der Waals surface area contributed by atoms with E-state index in [0.717, 1.165) is 13.0 Å². The Hall–Kier alpha value is -1.10. The van der Waals surface area contributed by atoms with Gasteiger partial charge in [0.05, 0.1) is 19.7 Å². The summed E-state index contributed by atoms with van der Waals surface area (Å²) in [6.07, 6.45) is 0.756. The van der Waals surface area contributed by atoms with Gasteiger partial charge >= 0.3 is 5.97 Å². The zero-order chi connectivity index (χ0) is 9.84. The molecule has 74 valence electrons. The number of ether oxygens (including phenoxy) is 1. The van der Waals surface area contributed by atoms with Gasteiger partial charge in [0.2, 0.25) is 5.91 Å². The van der Waals surface area contributed by atoms with E-state index in [-0.39, 0.29) is 24.5 Å². The molecule has 1 amide bonds. The number of methoxy groups -OCH3 is 1. The van der Waals surface area contributed by atoms with Crippen LogP contribution in [0.3, 0.4) is 0 Å². The first-order valence-corrected chi connectivity index (χ1v) is 4.20. The second kappa shape index (κ2) is 4.23. The SMILES string of the molecule is COC(=O)CNC1CCN(C)C1=O. The molecule has 1 heterocycles. The van der Waals surface area contributed by atoms with E-state index in [1.54, 1.807) is 11.9 Å². The monoisotopic (exact) mass is 186 g/mol. The van der Waals surface area contributed by atoms with Gasteiger partial charge in [-0.05, 0) is 6.42 Å². The van der Waals surface area contributed by atoms with E-state index in [2.05, 4.69) is 10.1 Å². The predicted molar refractivity (Wildman–Crippen MR) is 46.1 cm³/mol. The maximum Gasteiger partial charge on any atom is 0.319 e. The van der Waals surface area contributed by atoms with Crippen LogP contribution in [0.15, 0.2) is 0 Å². The van der Waals surface area contributed by atoms with Crippen LogP contribution in [0.2, 0.25) is 0 Å². The van der Waals surface area contributed by atoms with Gasteiger partial charge in [0.1, 0.15) is 0 Å². The van der Waals surface area contributed by atoms with Crippen molar-refractivity contribution < 1.29 is 14.3 Å². The molecule has 0 aromatic carbocycles. The fourth-order valence-electron chi connectivity index (χ4n) is 1.29. The minimum absolute atomic E-state index is 0.0453. The number of nitrogens with zero attached hydrogens (tertiary/aromatic N) is 1. The van der Waals surface area contributed by atoms with E-state index >= 15 is 0 Å². The Balaban J connectivity index is 2.30. The van der Waals surface area contributed by atoms with Crippen LogP contribution < -0.4 is 5.32 Å². The number of likely N-dealkylation sites (tertiary alicyclic amines) is 1. The highest BCUT2D eigenvalue weighted by molar-refractivity contribution is 5.84. The molecule has 1 atom stereocenters. The summed E-state index contributed by atoms with van der Waals surface area (Å²) in [4.78, 5) is 23.7. The van der Waals surface area contributed by atoms with Crippen molar-refractivity contribution in [3.8, 4) is 0 Å². The van der Waals surface area contributed by atoms with Crippen LogP contribution >= 0.6 is 0 Å². The highest BCUT2D eigenvalue weighted by atomic mass is 16.5. The average Bonchev–Trinajstić information content (AvgIpc) is 2.44. The normalized spacial score (nSPS) is 22.2. The Morgan fingerprint density at radius 2 is 2.46 bits per heavy atom. The van der Waals surface area contributed by atoms with Gasteiger partial charge < -0.3 is 9.64 Å². The molecule has 1 saturated heterocycles. The summed E-state index contributed by atoms with van der Waals surface area (Å²) in [7, 11) is 3.08. The lowest BCUT2D eigenvalue weighted by Crippen LogP contribution is -2.39. The number of esters is 1. The number of carbonyl (C=O) groups excluding carboxylic acids is 2. The predicted octanol–water partition coefficient (Wildman–Crippen LogP) is -1.02. The quantitative estimate of drug-likeness (QED) is 0.573. The smallest absolute Gasteiger partial charge is 0.319 e. The number of hydrogen-bond acceptors (Lipinski definition) is 4. The van der Waals surface area contributed by atoms with E-state index in [4.69, 9.17) is 0 Å². The van der Waals surface area contributed by atoms with Gasteiger partial charge in [0.15, 0.2) is 0 Å². The molecular weight excluding hydrogens is 172 g/mol. The maximum atomic E-state index is 11.3. The molecule has 1 unspecified atom stereocenters. The van der Waals surface area contributed by atoms with E-state index in [1.165, 1.54) is 7.11 Å². The average molecular weight is 186 g/mol. The Kier molecular flexibility index (Phi) is 3.25. The van der Waals surface area contributed by atoms with Crippen molar-refractivity contribution in [2.24, 2.45) is 0 Å². The summed E-state index contributed by atoms with van der Waals surface area (Å²) < 4.78 is 4.45. The van der Waals surface area contributed by atoms with Gasteiger partial charge in [-0.15, -0.1) is 0 Å². The standard InChI is InChI=1S/C8H14N2O3/c1-10-4-3-6(8(10)12)9-5-7(11)13-2/h6,9H,3-5H2,1-2H3. The van der Waals surface area contributed by atoms with Crippen molar-refractivity contribution in [1.29, 1.82) is 0 Å². The van der Waals surface area contributed by atoms with E-state index < -0.39 is 0 Å². The Labute approximate surface area is 77.0 Å². The molecule has 0 radical (unpaired) electrons. The Morgan fingerprint density at radius 3 is 2.92 bits per heavy atom. The molecular formula is C8H14N2O3. The summed E-state index contributed by atoms with van der Waals surface area (Å²) in [5.74, 6) is -0.300. The van der Waals surface area contributed by atoms with Crippen molar-refractivity contribution >= 4 is 11.9 Å². The molecule has 0 saturated carbocycles. The molecule has 1 N–H and O–H groups in total. The lowest BCUT2D eigenvalue weighted by Gasteiger charge is -2.10. The highest BCUT2D eigenvalue weighted by Gasteiger charge is 2.28.